The predicted octanol–water partition coefficient (Wildman–Crippen LogP) is 5.92. The molecule has 4 rings (SSSR count). The molecular formula is C18H10BrClN2O2S2. The van der Waals surface area contributed by atoms with Crippen molar-refractivity contribution in [2.45, 2.75) is 0 Å². The fourth-order valence-corrected chi connectivity index (χ4v) is 4.88. The van der Waals surface area contributed by atoms with Crippen molar-refractivity contribution < 1.29 is 5.11 Å². The highest BCUT2D eigenvalue weighted by atomic mass is 79.9. The molecule has 4 aromatic rings. The highest BCUT2D eigenvalue weighted by Gasteiger charge is 2.14. The average molecular weight is 466 g/mol. The molecule has 0 spiro atoms. The number of hydrogen-bond donors (Lipinski definition) is 2. The maximum Gasteiger partial charge on any atom is 0.260 e. The van der Waals surface area contributed by atoms with Crippen LogP contribution in [0.2, 0.25) is 0 Å². The van der Waals surface area contributed by atoms with Gasteiger partial charge in [-0.05, 0) is 51.1 Å². The molecule has 0 atom stereocenters. The number of phenolic OH excluding ortho intramolecular Hbond substituents is 1. The van der Waals surface area contributed by atoms with Crippen molar-refractivity contribution in [1.82, 2.24) is 9.97 Å². The molecule has 0 unspecified atom stereocenters. The number of hydrogen-bond acceptors (Lipinski definition) is 5. The molecular weight excluding hydrogens is 456 g/mol. The molecule has 0 fully saturated rings. The number of thiophene rings is 2. The lowest BCUT2D eigenvalue weighted by atomic mass is 10.2. The van der Waals surface area contributed by atoms with Crippen LogP contribution < -0.4 is 5.56 Å². The molecule has 0 bridgehead atoms. The number of aromatic amines is 1. The minimum atomic E-state index is -0.215. The molecule has 4 nitrogen and oxygen atoms in total. The maximum absolute atomic E-state index is 12.6. The number of benzene rings is 1. The third-order valence-electron chi connectivity index (χ3n) is 3.72. The van der Waals surface area contributed by atoms with Crippen molar-refractivity contribution in [2.24, 2.45) is 0 Å². The van der Waals surface area contributed by atoms with Crippen molar-refractivity contribution in [1.29, 1.82) is 0 Å². The second kappa shape index (κ2) is 7.00. The fraction of sp³-hybridized carbons (Fsp3) is 0. The van der Waals surface area contributed by atoms with Gasteiger partial charge in [0.2, 0.25) is 0 Å². The first-order valence-corrected chi connectivity index (χ1v) is 10.4. The number of nitrogens with one attached hydrogen (secondary N) is 1. The molecule has 3 heterocycles. The molecule has 0 aliphatic carbocycles. The van der Waals surface area contributed by atoms with Gasteiger partial charge in [0.05, 0.1) is 14.9 Å². The normalized spacial score (nSPS) is 12.0. The van der Waals surface area contributed by atoms with E-state index in [1.165, 1.54) is 11.3 Å². The summed E-state index contributed by atoms with van der Waals surface area (Å²) in [7, 11) is 0. The second-order valence-corrected chi connectivity index (χ2v) is 8.49. The van der Waals surface area contributed by atoms with Gasteiger partial charge in [-0.3, -0.25) is 4.79 Å². The highest BCUT2D eigenvalue weighted by Crippen LogP contribution is 2.34. The van der Waals surface area contributed by atoms with Crippen LogP contribution in [-0.4, -0.2) is 15.1 Å². The predicted molar refractivity (Wildman–Crippen MR) is 113 cm³/mol. The number of phenols is 1. The van der Waals surface area contributed by atoms with Gasteiger partial charge in [0.25, 0.3) is 5.56 Å². The Balaban J connectivity index is 1.79. The first-order valence-electron chi connectivity index (χ1n) is 7.44. The zero-order valence-electron chi connectivity index (χ0n) is 13.0. The highest BCUT2D eigenvalue weighted by molar-refractivity contribution is 9.10. The van der Waals surface area contributed by atoms with Gasteiger partial charge >= 0.3 is 0 Å². The first-order chi connectivity index (χ1) is 12.5. The topological polar surface area (TPSA) is 66.0 Å². The Bertz CT molecular complexity index is 1200. The largest absolute Gasteiger partial charge is 0.507 e. The van der Waals surface area contributed by atoms with Crippen molar-refractivity contribution in [2.75, 3.05) is 0 Å². The lowest BCUT2D eigenvalue weighted by Gasteiger charge is -2.02. The second-order valence-electron chi connectivity index (χ2n) is 5.42. The van der Waals surface area contributed by atoms with Crippen LogP contribution in [0.25, 0.3) is 31.8 Å². The summed E-state index contributed by atoms with van der Waals surface area (Å²) in [6, 6.07) is 8.95. The molecule has 2 N–H and O–H groups in total. The third-order valence-corrected chi connectivity index (χ3v) is 6.42. The number of rotatable bonds is 3. The Morgan fingerprint density at radius 2 is 2.15 bits per heavy atom. The standard InChI is InChI=1S/C18H10BrClN2O2S2/c19-11-6-9(3-4-13(11)23)7-12(20)16-21-17(24)15-10(8-26-18(15)22-16)14-2-1-5-25-14/h1-8,23H,(H,21,22,24)/b12-7-. The molecule has 0 amide bonds. The lowest BCUT2D eigenvalue weighted by Crippen LogP contribution is -2.10. The van der Waals surface area contributed by atoms with E-state index < -0.39 is 0 Å². The van der Waals surface area contributed by atoms with Gasteiger partial charge in [-0.15, -0.1) is 22.7 Å². The van der Waals surface area contributed by atoms with E-state index in [1.54, 1.807) is 35.6 Å². The van der Waals surface area contributed by atoms with E-state index in [4.69, 9.17) is 11.6 Å². The van der Waals surface area contributed by atoms with Crippen LogP contribution in [-0.2, 0) is 0 Å². The van der Waals surface area contributed by atoms with Crippen LogP contribution >= 0.6 is 50.2 Å². The third kappa shape index (κ3) is 3.23. The first kappa shape index (κ1) is 17.5. The Kier molecular flexibility index (Phi) is 4.71. The van der Waals surface area contributed by atoms with Gasteiger partial charge in [0, 0.05) is 15.8 Å². The van der Waals surface area contributed by atoms with E-state index in [9.17, 15) is 9.90 Å². The van der Waals surface area contributed by atoms with Crippen molar-refractivity contribution in [3.8, 4) is 16.2 Å². The van der Waals surface area contributed by atoms with E-state index in [1.807, 2.05) is 22.9 Å². The molecule has 8 heteroatoms. The number of halogens is 2. The summed E-state index contributed by atoms with van der Waals surface area (Å²) in [5, 5.41) is 14.4. The average Bonchev–Trinajstić information content (AvgIpc) is 3.27. The smallest absolute Gasteiger partial charge is 0.260 e. The Morgan fingerprint density at radius 3 is 2.88 bits per heavy atom. The summed E-state index contributed by atoms with van der Waals surface area (Å²) in [4.78, 5) is 21.6. The van der Waals surface area contributed by atoms with Gasteiger partial charge in [-0.1, -0.05) is 23.7 Å². The summed E-state index contributed by atoms with van der Waals surface area (Å²) in [5.41, 5.74) is 1.45. The molecule has 0 aliphatic rings. The van der Waals surface area contributed by atoms with Crippen molar-refractivity contribution in [3.05, 3.63) is 67.3 Å². The number of H-pyrrole nitrogens is 1. The van der Waals surface area contributed by atoms with Crippen LogP contribution in [0.5, 0.6) is 5.75 Å². The van der Waals surface area contributed by atoms with E-state index in [-0.39, 0.29) is 11.3 Å². The van der Waals surface area contributed by atoms with Crippen LogP contribution in [0, 0.1) is 0 Å². The van der Waals surface area contributed by atoms with E-state index in [0.29, 0.717) is 25.5 Å². The summed E-state index contributed by atoms with van der Waals surface area (Å²) in [6.45, 7) is 0. The molecule has 0 saturated heterocycles. The Morgan fingerprint density at radius 1 is 1.31 bits per heavy atom. The minimum absolute atomic E-state index is 0.144. The molecule has 130 valence electrons. The van der Waals surface area contributed by atoms with Crippen molar-refractivity contribution >= 4 is 71.5 Å². The molecule has 0 saturated carbocycles. The summed E-state index contributed by atoms with van der Waals surface area (Å²) in [5.74, 6) is 0.457. The van der Waals surface area contributed by atoms with Crippen LogP contribution in [0.4, 0.5) is 0 Å². The van der Waals surface area contributed by atoms with Gasteiger partial charge in [-0.2, -0.15) is 0 Å². The van der Waals surface area contributed by atoms with E-state index >= 15 is 0 Å². The fourth-order valence-electron chi connectivity index (χ4n) is 2.50. The molecule has 0 radical (unpaired) electrons. The van der Waals surface area contributed by atoms with Gasteiger partial charge in [0.15, 0.2) is 5.82 Å². The van der Waals surface area contributed by atoms with Crippen LogP contribution in [0.15, 0.2) is 50.4 Å². The van der Waals surface area contributed by atoms with Crippen molar-refractivity contribution in [3.63, 3.8) is 0 Å². The minimum Gasteiger partial charge on any atom is -0.507 e. The summed E-state index contributed by atoms with van der Waals surface area (Å²) in [6.07, 6.45) is 1.68. The van der Waals surface area contributed by atoms with Crippen LogP contribution in [0.1, 0.15) is 11.4 Å². The van der Waals surface area contributed by atoms with Crippen LogP contribution in [0.3, 0.4) is 0 Å². The SMILES string of the molecule is O=c1[nH]c(/C(Cl)=C/c2ccc(O)c(Br)c2)nc2scc(-c3cccs3)c12. The lowest BCUT2D eigenvalue weighted by molar-refractivity contribution is 0.472. The maximum atomic E-state index is 12.6. The zero-order valence-corrected chi connectivity index (χ0v) is 17.0. The summed E-state index contributed by atoms with van der Waals surface area (Å²) < 4.78 is 0.562. The quantitative estimate of drug-likeness (QED) is 0.395. The van der Waals surface area contributed by atoms with E-state index in [2.05, 4.69) is 25.9 Å². The molecule has 3 aromatic heterocycles. The number of aromatic nitrogens is 2. The number of aromatic hydroxyl groups is 1. The zero-order chi connectivity index (χ0) is 18.3. The molecule has 0 aliphatic heterocycles. The van der Waals surface area contributed by atoms with E-state index in [0.717, 1.165) is 16.0 Å². The summed E-state index contributed by atoms with van der Waals surface area (Å²) >= 11 is 12.6. The monoisotopic (exact) mass is 464 g/mol. The molecule has 1 aromatic carbocycles. The molecule has 26 heavy (non-hydrogen) atoms. The van der Waals surface area contributed by atoms with Gasteiger partial charge in [-0.25, -0.2) is 4.98 Å². The van der Waals surface area contributed by atoms with Gasteiger partial charge in [0.1, 0.15) is 10.6 Å². The van der Waals surface area contributed by atoms with Gasteiger partial charge < -0.3 is 10.1 Å². The number of nitrogens with zero attached hydrogens (tertiary/aromatic N) is 1. The number of fused-ring (bicyclic) bond motifs is 1. The Hall–Kier alpha value is -1.93. The Labute approximate surface area is 169 Å².